The fourth-order valence-electron chi connectivity index (χ4n) is 0.980. The standard InChI is InChI=1S/C7H7BrN2O4/c1-3-5(8)6(13)9-7(14)10(3)2-4(11)12/h2H2,1H3,(H,11,12)(H,9,13,14). The van der Waals surface area contributed by atoms with Crippen molar-refractivity contribution in [3.05, 3.63) is 31.0 Å². The van der Waals surface area contributed by atoms with Crippen LogP contribution in [-0.4, -0.2) is 20.6 Å². The van der Waals surface area contributed by atoms with Gasteiger partial charge in [0.2, 0.25) is 0 Å². The third-order valence-corrected chi connectivity index (χ3v) is 2.61. The van der Waals surface area contributed by atoms with Crippen molar-refractivity contribution in [1.82, 2.24) is 9.55 Å². The van der Waals surface area contributed by atoms with Crippen LogP contribution >= 0.6 is 15.9 Å². The Morgan fingerprint density at radius 2 is 2.14 bits per heavy atom. The molecule has 0 bridgehead atoms. The predicted octanol–water partition coefficient (Wildman–Crippen LogP) is -0.308. The van der Waals surface area contributed by atoms with E-state index in [0.717, 1.165) is 4.57 Å². The second-order valence-corrected chi connectivity index (χ2v) is 3.43. The number of aromatic nitrogens is 2. The largest absolute Gasteiger partial charge is 0.480 e. The first-order valence-electron chi connectivity index (χ1n) is 3.64. The molecule has 1 aromatic heterocycles. The molecule has 76 valence electrons. The molecule has 0 aliphatic heterocycles. The lowest BCUT2D eigenvalue weighted by molar-refractivity contribution is -0.137. The van der Waals surface area contributed by atoms with E-state index in [4.69, 9.17) is 5.11 Å². The highest BCUT2D eigenvalue weighted by Crippen LogP contribution is 2.06. The molecule has 1 heterocycles. The number of nitrogens with zero attached hydrogens (tertiary/aromatic N) is 1. The molecule has 0 radical (unpaired) electrons. The van der Waals surface area contributed by atoms with Crippen molar-refractivity contribution in [1.29, 1.82) is 0 Å². The molecule has 0 spiro atoms. The summed E-state index contributed by atoms with van der Waals surface area (Å²) >= 11 is 2.96. The van der Waals surface area contributed by atoms with Crippen LogP contribution in [0.2, 0.25) is 0 Å². The van der Waals surface area contributed by atoms with Crippen molar-refractivity contribution in [3.63, 3.8) is 0 Å². The molecule has 1 aromatic rings. The predicted molar refractivity (Wildman–Crippen MR) is 51.4 cm³/mol. The van der Waals surface area contributed by atoms with E-state index in [1.165, 1.54) is 6.92 Å². The number of rotatable bonds is 2. The van der Waals surface area contributed by atoms with Gasteiger partial charge in [0.05, 0.1) is 0 Å². The minimum atomic E-state index is -1.14. The van der Waals surface area contributed by atoms with Crippen LogP contribution in [-0.2, 0) is 11.3 Å². The molecule has 7 heteroatoms. The van der Waals surface area contributed by atoms with Gasteiger partial charge >= 0.3 is 11.7 Å². The highest BCUT2D eigenvalue weighted by atomic mass is 79.9. The highest BCUT2D eigenvalue weighted by molar-refractivity contribution is 9.10. The summed E-state index contributed by atoms with van der Waals surface area (Å²) in [7, 11) is 0. The Morgan fingerprint density at radius 1 is 1.57 bits per heavy atom. The smallest absolute Gasteiger partial charge is 0.329 e. The van der Waals surface area contributed by atoms with E-state index < -0.39 is 23.8 Å². The van der Waals surface area contributed by atoms with Crippen LogP contribution in [0.3, 0.4) is 0 Å². The third kappa shape index (κ3) is 1.92. The van der Waals surface area contributed by atoms with Gasteiger partial charge in [-0.2, -0.15) is 0 Å². The van der Waals surface area contributed by atoms with Crippen molar-refractivity contribution in [3.8, 4) is 0 Å². The fourth-order valence-corrected chi connectivity index (χ4v) is 1.29. The van der Waals surface area contributed by atoms with Gasteiger partial charge in [-0.05, 0) is 22.9 Å². The topological polar surface area (TPSA) is 92.2 Å². The normalized spacial score (nSPS) is 10.1. The summed E-state index contributed by atoms with van der Waals surface area (Å²) in [6.07, 6.45) is 0. The molecule has 6 nitrogen and oxygen atoms in total. The van der Waals surface area contributed by atoms with E-state index in [0.29, 0.717) is 5.69 Å². The summed E-state index contributed by atoms with van der Waals surface area (Å²) in [6, 6.07) is 0. The van der Waals surface area contributed by atoms with Crippen molar-refractivity contribution < 1.29 is 9.90 Å². The minimum absolute atomic E-state index is 0.165. The van der Waals surface area contributed by atoms with Gasteiger partial charge < -0.3 is 5.11 Å². The van der Waals surface area contributed by atoms with Crippen molar-refractivity contribution in [2.24, 2.45) is 0 Å². The van der Waals surface area contributed by atoms with Crippen molar-refractivity contribution in [2.75, 3.05) is 0 Å². The summed E-state index contributed by atoms with van der Waals surface area (Å²) in [5.74, 6) is -1.14. The van der Waals surface area contributed by atoms with Gasteiger partial charge in [0.15, 0.2) is 0 Å². The minimum Gasteiger partial charge on any atom is -0.480 e. The lowest BCUT2D eigenvalue weighted by atomic mass is 10.4. The number of aromatic amines is 1. The Balaban J connectivity index is 3.44. The van der Waals surface area contributed by atoms with Gasteiger partial charge in [-0.3, -0.25) is 19.1 Å². The molecule has 0 aliphatic carbocycles. The number of carbonyl (C=O) groups is 1. The molecule has 0 saturated heterocycles. The van der Waals surface area contributed by atoms with Crippen LogP contribution in [0, 0.1) is 6.92 Å². The van der Waals surface area contributed by atoms with Gasteiger partial charge in [-0.1, -0.05) is 0 Å². The summed E-state index contributed by atoms with van der Waals surface area (Å²) in [5.41, 5.74) is -0.992. The molecule has 0 amide bonds. The molecule has 14 heavy (non-hydrogen) atoms. The zero-order valence-corrected chi connectivity index (χ0v) is 8.79. The second-order valence-electron chi connectivity index (χ2n) is 2.64. The first-order valence-corrected chi connectivity index (χ1v) is 4.43. The SMILES string of the molecule is Cc1c(Br)c(=O)[nH]c(=O)n1CC(=O)O. The molecule has 0 atom stereocenters. The fraction of sp³-hybridized carbons (Fsp3) is 0.286. The summed E-state index contributed by atoms with van der Waals surface area (Å²) < 4.78 is 1.13. The summed E-state index contributed by atoms with van der Waals surface area (Å²) in [5, 5.41) is 8.51. The van der Waals surface area contributed by atoms with E-state index >= 15 is 0 Å². The first kappa shape index (κ1) is 10.7. The Bertz CT molecular complexity index is 487. The number of carboxylic acids is 1. The molecular weight excluding hydrogens is 256 g/mol. The van der Waals surface area contributed by atoms with E-state index in [-0.39, 0.29) is 4.47 Å². The van der Waals surface area contributed by atoms with Gasteiger partial charge in [-0.25, -0.2) is 4.79 Å². The number of aliphatic carboxylic acids is 1. The molecule has 0 aromatic carbocycles. The van der Waals surface area contributed by atoms with Gasteiger partial charge in [0.1, 0.15) is 11.0 Å². The van der Waals surface area contributed by atoms with Crippen LogP contribution in [0.5, 0.6) is 0 Å². The maximum absolute atomic E-state index is 11.2. The molecule has 0 saturated carbocycles. The maximum atomic E-state index is 11.2. The number of hydrogen-bond acceptors (Lipinski definition) is 3. The Labute approximate surface area is 86.3 Å². The van der Waals surface area contributed by atoms with Crippen molar-refractivity contribution >= 4 is 21.9 Å². The number of hydrogen-bond donors (Lipinski definition) is 2. The molecule has 2 N–H and O–H groups in total. The van der Waals surface area contributed by atoms with Gasteiger partial charge in [0, 0.05) is 5.69 Å². The van der Waals surface area contributed by atoms with Crippen LogP contribution in [0.15, 0.2) is 14.1 Å². The average Bonchev–Trinajstić information content (AvgIpc) is 2.09. The summed E-state index contributed by atoms with van der Waals surface area (Å²) in [4.78, 5) is 34.6. The van der Waals surface area contributed by atoms with E-state index in [1.54, 1.807) is 0 Å². The van der Waals surface area contributed by atoms with Gasteiger partial charge in [-0.15, -0.1) is 0 Å². The number of nitrogens with one attached hydrogen (secondary N) is 1. The molecule has 1 rings (SSSR count). The van der Waals surface area contributed by atoms with Gasteiger partial charge in [0.25, 0.3) is 5.56 Å². The molecular formula is C7H7BrN2O4. The Hall–Kier alpha value is -1.37. The van der Waals surface area contributed by atoms with Crippen LogP contribution in [0.25, 0.3) is 0 Å². The maximum Gasteiger partial charge on any atom is 0.329 e. The van der Waals surface area contributed by atoms with E-state index in [9.17, 15) is 14.4 Å². The highest BCUT2D eigenvalue weighted by Gasteiger charge is 2.10. The zero-order chi connectivity index (χ0) is 10.9. The number of H-pyrrole nitrogens is 1. The lowest BCUT2D eigenvalue weighted by Gasteiger charge is -2.06. The third-order valence-electron chi connectivity index (χ3n) is 1.68. The second kappa shape index (κ2) is 3.79. The van der Waals surface area contributed by atoms with Crippen molar-refractivity contribution in [2.45, 2.75) is 13.5 Å². The average molecular weight is 263 g/mol. The molecule has 0 fully saturated rings. The first-order chi connectivity index (χ1) is 6.43. The van der Waals surface area contributed by atoms with E-state index in [2.05, 4.69) is 15.9 Å². The summed E-state index contributed by atoms with van der Waals surface area (Å²) in [6.45, 7) is 1.02. The Kier molecular flexibility index (Phi) is 2.90. The van der Waals surface area contributed by atoms with Crippen LogP contribution in [0.1, 0.15) is 5.69 Å². The van der Waals surface area contributed by atoms with Crippen LogP contribution in [0.4, 0.5) is 0 Å². The monoisotopic (exact) mass is 262 g/mol. The lowest BCUT2D eigenvalue weighted by Crippen LogP contribution is -2.34. The molecule has 0 unspecified atom stereocenters. The number of carboxylic acid groups (broad SMARTS) is 1. The zero-order valence-electron chi connectivity index (χ0n) is 7.20. The van der Waals surface area contributed by atoms with Crippen LogP contribution < -0.4 is 11.2 Å². The van der Waals surface area contributed by atoms with E-state index in [1.807, 2.05) is 4.98 Å². The number of halogens is 1. The Morgan fingerprint density at radius 3 is 2.64 bits per heavy atom. The quantitative estimate of drug-likeness (QED) is 0.765. The molecule has 0 aliphatic rings.